The van der Waals surface area contributed by atoms with E-state index >= 15 is 0 Å². The van der Waals surface area contributed by atoms with Crippen molar-refractivity contribution < 1.29 is 23.2 Å². The molecule has 1 heteroatoms. The molecule has 0 spiro atoms. The van der Waals surface area contributed by atoms with Crippen LogP contribution in [0, 0.1) is 0 Å². The topological polar surface area (TPSA) is 0 Å². The third-order valence-corrected chi connectivity index (χ3v) is 5.99. The van der Waals surface area contributed by atoms with E-state index in [4.69, 9.17) is 0 Å². The molecule has 0 heterocycles. The van der Waals surface area contributed by atoms with Crippen molar-refractivity contribution >= 4 is 0 Å². The Morgan fingerprint density at radius 3 is 1.59 bits per heavy atom. The van der Waals surface area contributed by atoms with Gasteiger partial charge in [0.1, 0.15) is 0 Å². The normalized spacial score (nSPS) is 15.9. The van der Waals surface area contributed by atoms with Gasteiger partial charge in [-0.3, -0.25) is 0 Å². The summed E-state index contributed by atoms with van der Waals surface area (Å²) < 4.78 is 3.45. The second kappa shape index (κ2) is 7.61. The zero-order valence-electron chi connectivity index (χ0n) is 10.8. The van der Waals surface area contributed by atoms with E-state index in [1.807, 2.05) is 13.8 Å². The second-order valence-corrected chi connectivity index (χ2v) is 8.11. The van der Waals surface area contributed by atoms with Gasteiger partial charge in [-0.25, -0.2) is 0 Å². The molecule has 0 radical (unpaired) electrons. The fourth-order valence-electron chi connectivity index (χ4n) is 1.29. The molecular formula is C16H20Zr. The van der Waals surface area contributed by atoms with Crippen LogP contribution in [0.4, 0.5) is 0 Å². The molecule has 0 amide bonds. The Labute approximate surface area is 117 Å². The van der Waals surface area contributed by atoms with Crippen LogP contribution in [0.1, 0.15) is 26.7 Å². The number of hydrogen-bond donors (Lipinski definition) is 0. The van der Waals surface area contributed by atoms with E-state index in [0.717, 1.165) is 11.1 Å². The maximum absolute atomic E-state index is 3.66. The van der Waals surface area contributed by atoms with Gasteiger partial charge in [-0.05, 0) is 13.8 Å². The SMILES string of the molecule is C1=CC[C]([Zr][C]2=CC=CC2)=C1.C=C(C)C(=C)C. The maximum Gasteiger partial charge on any atom is -0.0401 e. The monoisotopic (exact) mass is 302 g/mol. The average Bonchev–Trinajstić information content (AvgIpc) is 2.92. The number of rotatable bonds is 3. The van der Waals surface area contributed by atoms with Gasteiger partial charge in [0.25, 0.3) is 0 Å². The van der Waals surface area contributed by atoms with Crippen molar-refractivity contribution in [1.82, 2.24) is 0 Å². The minimum atomic E-state index is -0.312. The minimum Gasteiger partial charge on any atom is -0.0959 e. The Bertz CT molecular complexity index is 377. The van der Waals surface area contributed by atoms with Gasteiger partial charge in [-0.15, -0.1) is 0 Å². The molecule has 0 aromatic rings. The molecule has 0 aromatic carbocycles. The minimum absolute atomic E-state index is 0.312. The fraction of sp³-hybridized carbons (Fsp3) is 0.250. The first kappa shape index (κ1) is 14.4. The van der Waals surface area contributed by atoms with Crippen LogP contribution in [-0.2, 0) is 23.2 Å². The summed E-state index contributed by atoms with van der Waals surface area (Å²) in [5.41, 5.74) is 2.13. The Balaban J connectivity index is 0.000000209. The predicted molar refractivity (Wildman–Crippen MR) is 73.3 cm³/mol. The zero-order valence-corrected chi connectivity index (χ0v) is 13.3. The molecular weight excluding hydrogens is 283 g/mol. The van der Waals surface area contributed by atoms with Crippen molar-refractivity contribution in [2.75, 3.05) is 0 Å². The van der Waals surface area contributed by atoms with Crippen LogP contribution in [0.25, 0.3) is 0 Å². The fourth-order valence-corrected chi connectivity index (χ4v) is 4.26. The van der Waals surface area contributed by atoms with Crippen LogP contribution in [0.15, 0.2) is 67.3 Å². The molecule has 0 nitrogen and oxygen atoms in total. The summed E-state index contributed by atoms with van der Waals surface area (Å²) in [5, 5.41) is 0. The largest absolute Gasteiger partial charge is 0.0959 e. The van der Waals surface area contributed by atoms with E-state index < -0.39 is 0 Å². The molecule has 2 aliphatic carbocycles. The first-order valence-electron chi connectivity index (χ1n) is 5.89. The van der Waals surface area contributed by atoms with Crippen molar-refractivity contribution in [1.29, 1.82) is 0 Å². The van der Waals surface area contributed by atoms with Crippen molar-refractivity contribution in [3.63, 3.8) is 0 Å². The molecule has 0 aromatic heterocycles. The van der Waals surface area contributed by atoms with E-state index in [9.17, 15) is 0 Å². The molecule has 0 saturated carbocycles. The quantitative estimate of drug-likeness (QED) is 0.651. The van der Waals surface area contributed by atoms with Crippen LogP contribution < -0.4 is 0 Å². The van der Waals surface area contributed by atoms with Crippen molar-refractivity contribution in [3.05, 3.63) is 67.3 Å². The average molecular weight is 304 g/mol. The smallest absolute Gasteiger partial charge is 0.0401 e. The van der Waals surface area contributed by atoms with E-state index in [2.05, 4.69) is 49.6 Å². The van der Waals surface area contributed by atoms with Gasteiger partial charge in [-0.2, -0.15) is 0 Å². The van der Waals surface area contributed by atoms with E-state index in [1.54, 1.807) is 6.56 Å². The van der Waals surface area contributed by atoms with Crippen molar-refractivity contribution in [2.45, 2.75) is 26.7 Å². The van der Waals surface area contributed by atoms with Gasteiger partial charge in [0.2, 0.25) is 0 Å². The first-order valence-corrected chi connectivity index (χ1v) is 8.35. The first-order chi connectivity index (χ1) is 8.09. The molecule has 0 bridgehead atoms. The number of allylic oxidation sites excluding steroid dienone is 10. The van der Waals surface area contributed by atoms with Gasteiger partial charge in [-0.1, -0.05) is 24.3 Å². The van der Waals surface area contributed by atoms with Crippen molar-refractivity contribution in [2.24, 2.45) is 0 Å². The van der Waals surface area contributed by atoms with Gasteiger partial charge in [0.05, 0.1) is 0 Å². The van der Waals surface area contributed by atoms with Crippen molar-refractivity contribution in [3.8, 4) is 0 Å². The predicted octanol–water partition coefficient (Wildman–Crippen LogP) is 4.90. The second-order valence-electron chi connectivity index (χ2n) is 4.33. The summed E-state index contributed by atoms with van der Waals surface area (Å²) in [6, 6.07) is 0. The molecule has 17 heavy (non-hydrogen) atoms. The Hall–Kier alpha value is -0.677. The van der Waals surface area contributed by atoms with Crippen LogP contribution in [0.3, 0.4) is 0 Å². The van der Waals surface area contributed by atoms with Gasteiger partial charge in [0, 0.05) is 0 Å². The summed E-state index contributed by atoms with van der Waals surface area (Å²) in [4.78, 5) is 0. The molecule has 2 rings (SSSR count). The van der Waals surface area contributed by atoms with Gasteiger partial charge < -0.3 is 0 Å². The Morgan fingerprint density at radius 1 is 0.941 bits per heavy atom. The third kappa shape index (κ3) is 5.98. The summed E-state index contributed by atoms with van der Waals surface area (Å²) in [5.74, 6) is 0. The molecule has 88 valence electrons. The van der Waals surface area contributed by atoms with Gasteiger partial charge in [0.15, 0.2) is 0 Å². The van der Waals surface area contributed by atoms with E-state index in [1.165, 1.54) is 12.8 Å². The number of hydrogen-bond acceptors (Lipinski definition) is 0. The van der Waals surface area contributed by atoms with Crippen LogP contribution in [0.2, 0.25) is 0 Å². The maximum atomic E-state index is 3.66. The van der Waals surface area contributed by atoms with Crippen LogP contribution in [0.5, 0.6) is 0 Å². The molecule has 2 aliphatic rings. The van der Waals surface area contributed by atoms with E-state index in [0.29, 0.717) is 0 Å². The summed E-state index contributed by atoms with van der Waals surface area (Å²) in [7, 11) is 0. The Morgan fingerprint density at radius 2 is 1.35 bits per heavy atom. The molecule has 0 N–H and O–H groups in total. The van der Waals surface area contributed by atoms with E-state index in [-0.39, 0.29) is 23.2 Å². The molecule has 0 atom stereocenters. The van der Waals surface area contributed by atoms with Crippen LogP contribution >= 0.6 is 0 Å². The molecule has 0 fully saturated rings. The molecule has 0 aliphatic heterocycles. The van der Waals surface area contributed by atoms with Crippen LogP contribution in [-0.4, -0.2) is 0 Å². The summed E-state index contributed by atoms with van der Waals surface area (Å²) >= 11 is -0.312. The van der Waals surface area contributed by atoms with Gasteiger partial charge >= 0.3 is 79.1 Å². The Kier molecular flexibility index (Phi) is 6.44. The molecule has 0 unspecified atom stereocenters. The summed E-state index contributed by atoms with van der Waals surface area (Å²) in [6.07, 6.45) is 16.0. The standard InChI is InChI=1S/C6H10.2C5H5.Zr/c1-5(2)6(3)4;2*1-2-4-5-3-1;/h1,3H2,2,4H3;2*1-3H,4H2;. The zero-order chi connectivity index (χ0) is 12.7. The summed E-state index contributed by atoms with van der Waals surface area (Å²) in [6.45, 7) is 11.2. The molecule has 0 saturated heterocycles. The third-order valence-electron chi connectivity index (χ3n) is 2.59.